The van der Waals surface area contributed by atoms with E-state index in [2.05, 4.69) is 72.7 Å². The van der Waals surface area contributed by atoms with Crippen LogP contribution in [0.4, 0.5) is 0 Å². The fraction of sp³-hybridized carbons (Fsp3) is 0.522. The van der Waals surface area contributed by atoms with Crippen LogP contribution in [0, 0.1) is 0 Å². The van der Waals surface area contributed by atoms with Crippen molar-refractivity contribution < 1.29 is 9.90 Å². The number of carboxylic acids is 1. The average Bonchev–Trinajstić information content (AvgIpc) is 2.44. The molecule has 0 amide bonds. The van der Waals surface area contributed by atoms with Crippen LogP contribution in [-0.4, -0.2) is 11.1 Å². The Kier molecular flexibility index (Phi) is 6.82. The van der Waals surface area contributed by atoms with E-state index in [1.165, 1.54) is 22.8 Å². The van der Waals surface area contributed by atoms with Crippen LogP contribution in [0.15, 0.2) is 42.0 Å². The van der Waals surface area contributed by atoms with E-state index < -0.39 is 5.97 Å². The fourth-order valence-electron chi connectivity index (χ4n) is 2.64. The van der Waals surface area contributed by atoms with Crippen molar-refractivity contribution >= 4 is 5.97 Å². The molecule has 1 atom stereocenters. The van der Waals surface area contributed by atoms with E-state index in [0.29, 0.717) is 5.92 Å². The van der Waals surface area contributed by atoms with Gasteiger partial charge in [-0.15, -0.1) is 0 Å². The van der Waals surface area contributed by atoms with Gasteiger partial charge in [-0.05, 0) is 52.4 Å². The fourth-order valence-corrected chi connectivity index (χ4v) is 2.64. The van der Waals surface area contributed by atoms with E-state index in [9.17, 15) is 4.79 Å². The lowest BCUT2D eigenvalue weighted by atomic mass is 9.78. The number of carbonyl (C=O) groups is 1. The number of hydrogen-bond donors (Lipinski definition) is 1. The zero-order valence-corrected chi connectivity index (χ0v) is 17.1. The molecule has 0 aliphatic carbocycles. The summed E-state index contributed by atoms with van der Waals surface area (Å²) in [7, 11) is 0. The molecule has 0 bridgehead atoms. The Bertz CT molecular complexity index is 632. The first-order valence-corrected chi connectivity index (χ1v) is 9.04. The molecule has 138 valence electrons. The van der Waals surface area contributed by atoms with Gasteiger partial charge in [0.25, 0.3) is 0 Å². The molecule has 0 saturated carbocycles. The highest BCUT2D eigenvalue weighted by Gasteiger charge is 2.21. The lowest BCUT2D eigenvalue weighted by Crippen LogP contribution is -2.17. The smallest absolute Gasteiger partial charge is 0.328 e. The number of allylic oxidation sites excluding steroid dienone is 3. The first-order chi connectivity index (χ1) is 11.3. The van der Waals surface area contributed by atoms with Gasteiger partial charge in [-0.3, -0.25) is 0 Å². The topological polar surface area (TPSA) is 37.3 Å². The lowest BCUT2D eigenvalue weighted by molar-refractivity contribution is -0.131. The molecule has 0 heterocycles. The Balaban J connectivity index is 3.10. The van der Waals surface area contributed by atoms with Crippen LogP contribution >= 0.6 is 0 Å². The second-order valence-electron chi connectivity index (χ2n) is 9.11. The summed E-state index contributed by atoms with van der Waals surface area (Å²) < 4.78 is 0. The molecule has 2 heteroatoms. The summed E-state index contributed by atoms with van der Waals surface area (Å²) in [4.78, 5) is 10.7. The number of rotatable bonds is 5. The van der Waals surface area contributed by atoms with Crippen molar-refractivity contribution in [1.29, 1.82) is 0 Å². The van der Waals surface area contributed by atoms with Crippen LogP contribution in [0.5, 0.6) is 0 Å². The summed E-state index contributed by atoms with van der Waals surface area (Å²) in [5.74, 6) is -0.514. The molecule has 0 aromatic heterocycles. The van der Waals surface area contributed by atoms with Gasteiger partial charge in [-0.2, -0.15) is 0 Å². The van der Waals surface area contributed by atoms with E-state index in [1.54, 1.807) is 0 Å². The molecular weight excluding hydrogens is 308 g/mol. The van der Waals surface area contributed by atoms with E-state index in [-0.39, 0.29) is 10.8 Å². The molecule has 1 rings (SSSR count). The predicted octanol–water partition coefficient (Wildman–Crippen LogP) is 6.36. The van der Waals surface area contributed by atoms with Gasteiger partial charge in [0.1, 0.15) is 0 Å². The minimum Gasteiger partial charge on any atom is -0.478 e. The maximum atomic E-state index is 10.7. The van der Waals surface area contributed by atoms with Crippen LogP contribution in [0.1, 0.15) is 84.4 Å². The quantitative estimate of drug-likeness (QED) is 0.499. The molecule has 1 aromatic rings. The molecule has 25 heavy (non-hydrogen) atoms. The molecule has 0 aliphatic heterocycles. The maximum Gasteiger partial charge on any atom is 0.328 e. The summed E-state index contributed by atoms with van der Waals surface area (Å²) in [5, 5.41) is 8.77. The second kappa shape index (κ2) is 8.03. The lowest BCUT2D eigenvalue weighted by Gasteiger charge is -2.27. The summed E-state index contributed by atoms with van der Waals surface area (Å²) in [6.07, 6.45) is 6.09. The summed E-state index contributed by atoms with van der Waals surface area (Å²) in [5.41, 5.74) is 5.08. The Morgan fingerprint density at radius 1 is 1.04 bits per heavy atom. The third-order valence-electron chi connectivity index (χ3n) is 4.48. The average molecular weight is 343 g/mol. The molecule has 0 aliphatic rings. The van der Waals surface area contributed by atoms with Gasteiger partial charge in [0, 0.05) is 6.08 Å². The highest BCUT2D eigenvalue weighted by atomic mass is 16.4. The summed E-state index contributed by atoms with van der Waals surface area (Å²) >= 11 is 0. The Morgan fingerprint density at radius 2 is 1.52 bits per heavy atom. The third kappa shape index (κ3) is 6.89. The second-order valence-corrected chi connectivity index (χ2v) is 9.11. The van der Waals surface area contributed by atoms with Crippen LogP contribution in [0.25, 0.3) is 0 Å². The van der Waals surface area contributed by atoms with Gasteiger partial charge in [0.05, 0.1) is 0 Å². The van der Waals surface area contributed by atoms with Crippen molar-refractivity contribution in [2.75, 3.05) is 0 Å². The van der Waals surface area contributed by atoms with Crippen molar-refractivity contribution in [2.45, 2.75) is 78.6 Å². The third-order valence-corrected chi connectivity index (χ3v) is 4.48. The van der Waals surface area contributed by atoms with Crippen LogP contribution in [-0.2, 0) is 15.6 Å². The van der Waals surface area contributed by atoms with Gasteiger partial charge < -0.3 is 5.11 Å². The van der Waals surface area contributed by atoms with Crippen molar-refractivity contribution in [2.24, 2.45) is 0 Å². The largest absolute Gasteiger partial charge is 0.478 e. The maximum absolute atomic E-state index is 10.7. The number of hydrogen-bond acceptors (Lipinski definition) is 1. The standard InChI is InChI=1S/C23H34O2/c1-16(12-21(24)25)10-9-11-17(2)18-13-19(22(3,4)5)15-20(14-18)23(6,7)8/h9-10,12-15,17H,11H2,1-8H3,(H,24,25). The van der Waals surface area contributed by atoms with E-state index in [0.717, 1.165) is 12.0 Å². The van der Waals surface area contributed by atoms with Crippen LogP contribution < -0.4 is 0 Å². The molecule has 0 radical (unpaired) electrons. The van der Waals surface area contributed by atoms with Gasteiger partial charge in [0.15, 0.2) is 0 Å². The van der Waals surface area contributed by atoms with Crippen molar-refractivity contribution in [3.8, 4) is 0 Å². The predicted molar refractivity (Wildman–Crippen MR) is 107 cm³/mol. The van der Waals surface area contributed by atoms with E-state index in [1.807, 2.05) is 13.0 Å². The van der Waals surface area contributed by atoms with Gasteiger partial charge in [-0.25, -0.2) is 4.79 Å². The molecule has 0 spiro atoms. The Morgan fingerprint density at radius 3 is 1.92 bits per heavy atom. The Hall–Kier alpha value is -1.83. The summed E-state index contributed by atoms with van der Waals surface area (Å²) in [6, 6.07) is 6.99. The molecule has 0 fully saturated rings. The van der Waals surface area contributed by atoms with Gasteiger partial charge >= 0.3 is 5.97 Å². The normalized spacial score (nSPS) is 14.8. The van der Waals surface area contributed by atoms with Crippen molar-refractivity contribution in [3.63, 3.8) is 0 Å². The van der Waals surface area contributed by atoms with E-state index in [4.69, 9.17) is 5.11 Å². The molecule has 0 saturated heterocycles. The van der Waals surface area contributed by atoms with Gasteiger partial charge in [0.2, 0.25) is 0 Å². The molecular formula is C23H34O2. The van der Waals surface area contributed by atoms with Crippen LogP contribution in [0.3, 0.4) is 0 Å². The van der Waals surface area contributed by atoms with Crippen LogP contribution in [0.2, 0.25) is 0 Å². The number of benzene rings is 1. The SMILES string of the molecule is CC(C=CCC(C)c1cc(C(C)(C)C)cc(C(C)(C)C)c1)=CC(=O)O. The Labute approximate surface area is 153 Å². The minimum absolute atomic E-state index is 0.117. The highest BCUT2D eigenvalue weighted by Crippen LogP contribution is 2.33. The van der Waals surface area contributed by atoms with Crippen molar-refractivity contribution in [1.82, 2.24) is 0 Å². The number of carboxylic acid groups (broad SMARTS) is 1. The molecule has 1 aromatic carbocycles. The zero-order chi connectivity index (χ0) is 19.4. The zero-order valence-electron chi connectivity index (χ0n) is 17.1. The monoisotopic (exact) mass is 342 g/mol. The summed E-state index contributed by atoms with van der Waals surface area (Å²) in [6.45, 7) is 17.6. The molecule has 1 unspecified atom stereocenters. The van der Waals surface area contributed by atoms with Crippen molar-refractivity contribution in [3.05, 3.63) is 58.7 Å². The molecule has 2 nitrogen and oxygen atoms in total. The minimum atomic E-state index is -0.900. The van der Waals surface area contributed by atoms with E-state index >= 15 is 0 Å². The number of aliphatic carboxylic acids is 1. The first-order valence-electron chi connectivity index (χ1n) is 9.04. The first kappa shape index (κ1) is 21.2. The molecule has 1 N–H and O–H groups in total. The van der Waals surface area contributed by atoms with Gasteiger partial charge in [-0.1, -0.05) is 78.8 Å². The highest BCUT2D eigenvalue weighted by molar-refractivity contribution is 5.81.